The number of hydrogen-bond donors (Lipinski definition) is 0. The molecular formula is C17H21F2NO2. The molecule has 0 atom stereocenters. The highest BCUT2D eigenvalue weighted by molar-refractivity contribution is 5.69. The number of halogens is 2. The number of rotatable bonds is 2. The van der Waals surface area contributed by atoms with E-state index < -0.39 is 17.2 Å². The standard InChI is InChI=1S/C17H21F2NO2/c1-11-5-6-13(8-14(11)18)15(19)7-12-9-20(10-12)16(21)22-17(2,3)4/h5-8,12H,9-10H2,1-4H3. The van der Waals surface area contributed by atoms with Gasteiger partial charge in [0.1, 0.15) is 17.2 Å². The fourth-order valence-electron chi connectivity index (χ4n) is 2.14. The molecule has 0 N–H and O–H groups in total. The van der Waals surface area contributed by atoms with Gasteiger partial charge in [0.05, 0.1) is 0 Å². The fourth-order valence-corrected chi connectivity index (χ4v) is 2.14. The summed E-state index contributed by atoms with van der Waals surface area (Å²) in [6.45, 7) is 7.85. The second-order valence-corrected chi connectivity index (χ2v) is 6.62. The van der Waals surface area contributed by atoms with Crippen molar-refractivity contribution in [3.63, 3.8) is 0 Å². The van der Waals surface area contributed by atoms with Crippen molar-refractivity contribution in [3.05, 3.63) is 41.2 Å². The van der Waals surface area contributed by atoms with Crippen molar-refractivity contribution in [2.45, 2.75) is 33.3 Å². The molecule has 1 fully saturated rings. The predicted molar refractivity (Wildman–Crippen MR) is 81.5 cm³/mol. The summed E-state index contributed by atoms with van der Waals surface area (Å²) >= 11 is 0. The first-order valence-corrected chi connectivity index (χ1v) is 7.27. The van der Waals surface area contributed by atoms with Crippen molar-refractivity contribution in [2.24, 2.45) is 5.92 Å². The van der Waals surface area contributed by atoms with Gasteiger partial charge in [0.2, 0.25) is 0 Å². The molecule has 0 bridgehead atoms. The van der Waals surface area contributed by atoms with Gasteiger partial charge in [-0.1, -0.05) is 12.1 Å². The van der Waals surface area contributed by atoms with E-state index in [1.807, 2.05) is 0 Å². The monoisotopic (exact) mass is 309 g/mol. The number of likely N-dealkylation sites (tertiary alicyclic amines) is 1. The molecule has 0 radical (unpaired) electrons. The maximum absolute atomic E-state index is 14.1. The molecule has 1 amide bonds. The third kappa shape index (κ3) is 4.06. The van der Waals surface area contributed by atoms with Gasteiger partial charge in [-0.2, -0.15) is 0 Å². The minimum absolute atomic E-state index is 0.0723. The lowest BCUT2D eigenvalue weighted by Crippen LogP contribution is -2.50. The maximum Gasteiger partial charge on any atom is 0.410 e. The van der Waals surface area contributed by atoms with E-state index in [1.54, 1.807) is 39.8 Å². The van der Waals surface area contributed by atoms with E-state index in [-0.39, 0.29) is 17.6 Å². The molecule has 120 valence electrons. The van der Waals surface area contributed by atoms with E-state index in [0.717, 1.165) is 0 Å². The van der Waals surface area contributed by atoms with Crippen LogP contribution in [0.2, 0.25) is 0 Å². The van der Waals surface area contributed by atoms with Crippen molar-refractivity contribution >= 4 is 11.9 Å². The molecule has 1 aliphatic heterocycles. The van der Waals surface area contributed by atoms with Crippen LogP contribution in [0.25, 0.3) is 5.83 Å². The summed E-state index contributed by atoms with van der Waals surface area (Å²) in [6, 6.07) is 4.28. The molecule has 1 aromatic rings. The van der Waals surface area contributed by atoms with Crippen molar-refractivity contribution < 1.29 is 18.3 Å². The molecule has 1 aliphatic rings. The molecule has 1 aromatic carbocycles. The summed E-state index contributed by atoms with van der Waals surface area (Å²) in [5.41, 5.74) is 0.165. The average molecular weight is 309 g/mol. The van der Waals surface area contributed by atoms with Crippen molar-refractivity contribution in [1.29, 1.82) is 0 Å². The fraction of sp³-hybridized carbons (Fsp3) is 0.471. The SMILES string of the molecule is Cc1ccc(C(F)=CC2CN(C(=O)OC(C)(C)C)C2)cc1F. The van der Waals surface area contributed by atoms with Crippen LogP contribution in [-0.4, -0.2) is 29.7 Å². The van der Waals surface area contributed by atoms with E-state index in [1.165, 1.54) is 17.0 Å². The van der Waals surface area contributed by atoms with Crippen LogP contribution >= 0.6 is 0 Å². The summed E-state index contributed by atoms with van der Waals surface area (Å²) in [6.07, 6.45) is 1.05. The zero-order chi connectivity index (χ0) is 16.5. The minimum Gasteiger partial charge on any atom is -0.444 e. The number of benzene rings is 1. The Labute approximate surface area is 129 Å². The number of aryl methyl sites for hydroxylation is 1. The second-order valence-electron chi connectivity index (χ2n) is 6.62. The summed E-state index contributed by atoms with van der Waals surface area (Å²) in [5.74, 6) is -0.963. The number of amides is 1. The predicted octanol–water partition coefficient (Wildman–Crippen LogP) is 4.31. The Bertz CT molecular complexity index is 599. The van der Waals surface area contributed by atoms with Crippen molar-refractivity contribution in [2.75, 3.05) is 13.1 Å². The van der Waals surface area contributed by atoms with Crippen LogP contribution in [0.4, 0.5) is 13.6 Å². The molecule has 0 unspecified atom stereocenters. The van der Waals surface area contributed by atoms with Gasteiger partial charge in [-0.15, -0.1) is 0 Å². The first-order valence-electron chi connectivity index (χ1n) is 7.27. The van der Waals surface area contributed by atoms with Crippen molar-refractivity contribution in [3.8, 4) is 0 Å². The van der Waals surface area contributed by atoms with Gasteiger partial charge in [0.25, 0.3) is 0 Å². The zero-order valence-corrected chi connectivity index (χ0v) is 13.3. The lowest BCUT2D eigenvalue weighted by atomic mass is 9.98. The number of nitrogens with zero attached hydrogens (tertiary/aromatic N) is 1. The van der Waals surface area contributed by atoms with Crippen LogP contribution in [0.1, 0.15) is 31.9 Å². The van der Waals surface area contributed by atoms with Gasteiger partial charge >= 0.3 is 6.09 Å². The highest BCUT2D eigenvalue weighted by Gasteiger charge is 2.32. The number of carbonyl (C=O) groups excluding carboxylic acids is 1. The highest BCUT2D eigenvalue weighted by atomic mass is 19.1. The first kappa shape index (κ1) is 16.5. The van der Waals surface area contributed by atoms with Gasteiger partial charge in [-0.3, -0.25) is 0 Å². The molecule has 0 aromatic heterocycles. The molecule has 5 heteroatoms. The van der Waals surface area contributed by atoms with Crippen LogP contribution in [0, 0.1) is 18.7 Å². The molecule has 1 heterocycles. The Morgan fingerprint density at radius 1 is 1.36 bits per heavy atom. The Hall–Kier alpha value is -1.91. The summed E-state index contributed by atoms with van der Waals surface area (Å²) in [4.78, 5) is 13.3. The zero-order valence-electron chi connectivity index (χ0n) is 13.3. The second kappa shape index (κ2) is 6.07. The summed E-state index contributed by atoms with van der Waals surface area (Å²) in [7, 11) is 0. The molecule has 0 saturated carbocycles. The molecule has 22 heavy (non-hydrogen) atoms. The van der Waals surface area contributed by atoms with Gasteiger partial charge in [-0.05, 0) is 45.4 Å². The van der Waals surface area contributed by atoms with Crippen LogP contribution < -0.4 is 0 Å². The molecule has 2 rings (SSSR count). The number of ether oxygens (including phenoxy) is 1. The van der Waals surface area contributed by atoms with E-state index in [4.69, 9.17) is 4.74 Å². The summed E-state index contributed by atoms with van der Waals surface area (Å²) in [5, 5.41) is 0. The third-order valence-corrected chi connectivity index (χ3v) is 3.39. The largest absolute Gasteiger partial charge is 0.444 e. The van der Waals surface area contributed by atoms with Crippen LogP contribution in [-0.2, 0) is 4.74 Å². The van der Waals surface area contributed by atoms with Gasteiger partial charge in [0, 0.05) is 24.6 Å². The Kier molecular flexibility index (Phi) is 4.54. The molecule has 0 aliphatic carbocycles. The Balaban J connectivity index is 1.93. The van der Waals surface area contributed by atoms with Gasteiger partial charge < -0.3 is 9.64 Å². The normalized spacial score (nSPS) is 16.5. The van der Waals surface area contributed by atoms with Crippen LogP contribution in [0.5, 0.6) is 0 Å². The Morgan fingerprint density at radius 2 is 2.00 bits per heavy atom. The van der Waals surface area contributed by atoms with E-state index in [0.29, 0.717) is 18.7 Å². The van der Waals surface area contributed by atoms with E-state index in [2.05, 4.69) is 0 Å². The average Bonchev–Trinajstić information content (AvgIpc) is 2.34. The van der Waals surface area contributed by atoms with Crippen molar-refractivity contribution in [1.82, 2.24) is 4.90 Å². The smallest absolute Gasteiger partial charge is 0.410 e. The van der Waals surface area contributed by atoms with Crippen LogP contribution in [0.3, 0.4) is 0 Å². The molecule has 3 nitrogen and oxygen atoms in total. The van der Waals surface area contributed by atoms with E-state index >= 15 is 0 Å². The first-order chi connectivity index (χ1) is 10.2. The lowest BCUT2D eigenvalue weighted by Gasteiger charge is -2.38. The molecular weight excluding hydrogens is 288 g/mol. The lowest BCUT2D eigenvalue weighted by molar-refractivity contribution is 0.00489. The minimum atomic E-state index is -0.539. The quantitative estimate of drug-likeness (QED) is 0.814. The Morgan fingerprint density at radius 3 is 2.55 bits per heavy atom. The van der Waals surface area contributed by atoms with Crippen LogP contribution in [0.15, 0.2) is 24.3 Å². The highest BCUT2D eigenvalue weighted by Crippen LogP contribution is 2.26. The topological polar surface area (TPSA) is 29.5 Å². The van der Waals surface area contributed by atoms with Gasteiger partial charge in [0.15, 0.2) is 0 Å². The van der Waals surface area contributed by atoms with E-state index in [9.17, 15) is 13.6 Å². The third-order valence-electron chi connectivity index (χ3n) is 3.39. The summed E-state index contributed by atoms with van der Waals surface area (Å²) < 4.78 is 32.7. The maximum atomic E-state index is 14.1. The molecule has 0 spiro atoms. The molecule has 1 saturated heterocycles. The number of carbonyl (C=O) groups is 1. The number of hydrogen-bond acceptors (Lipinski definition) is 2. The van der Waals surface area contributed by atoms with Gasteiger partial charge in [-0.25, -0.2) is 13.6 Å².